The van der Waals surface area contributed by atoms with Gasteiger partial charge in [0.2, 0.25) is 5.95 Å². The molecule has 0 unspecified atom stereocenters. The minimum absolute atomic E-state index is 0.638. The van der Waals surface area contributed by atoms with Gasteiger partial charge in [-0.1, -0.05) is 60.2 Å². The van der Waals surface area contributed by atoms with Gasteiger partial charge in [-0.3, -0.25) is 4.90 Å². The largest absolute Gasteiger partial charge is 0.354 e. The highest BCUT2D eigenvalue weighted by Crippen LogP contribution is 2.18. The van der Waals surface area contributed by atoms with Gasteiger partial charge in [-0.15, -0.1) is 0 Å². The van der Waals surface area contributed by atoms with E-state index in [9.17, 15) is 0 Å². The van der Waals surface area contributed by atoms with Crippen molar-refractivity contribution >= 4 is 23.5 Å². The second-order valence-corrected chi connectivity index (χ2v) is 7.33. The van der Waals surface area contributed by atoms with Crippen LogP contribution >= 0.6 is 0 Å². The number of anilines is 3. The molecule has 1 aromatic heterocycles. The third-order valence-electron chi connectivity index (χ3n) is 5.12. The van der Waals surface area contributed by atoms with Crippen LogP contribution in [0.2, 0.25) is 0 Å². The number of benzene rings is 2. The Balaban J connectivity index is 1.30. The van der Waals surface area contributed by atoms with Crippen LogP contribution in [0.3, 0.4) is 0 Å². The Hall–Kier alpha value is -3.18. The van der Waals surface area contributed by atoms with Crippen LogP contribution in [0.1, 0.15) is 11.1 Å². The summed E-state index contributed by atoms with van der Waals surface area (Å²) in [5, 5.41) is 3.29. The number of hydrogen-bond donors (Lipinski definition) is 1. The lowest BCUT2D eigenvalue weighted by molar-refractivity contribution is 0.283. The van der Waals surface area contributed by atoms with E-state index in [0.717, 1.165) is 44.2 Å². The molecule has 1 fully saturated rings. The minimum atomic E-state index is 0.638. The fourth-order valence-corrected chi connectivity index (χ4v) is 3.41. The maximum absolute atomic E-state index is 4.71. The van der Waals surface area contributed by atoms with E-state index >= 15 is 0 Å². The summed E-state index contributed by atoms with van der Waals surface area (Å²) in [4.78, 5) is 13.9. The number of nitrogens with one attached hydrogen (secondary N) is 1. The molecular weight excluding hydrogens is 358 g/mol. The molecule has 0 spiro atoms. The summed E-state index contributed by atoms with van der Waals surface area (Å²) in [5.41, 5.74) is 3.49. The lowest BCUT2D eigenvalue weighted by atomic mass is 10.2. The molecule has 1 aliphatic heterocycles. The molecule has 0 saturated carbocycles. The first kappa shape index (κ1) is 19.2. The smallest absolute Gasteiger partial charge is 0.229 e. The molecule has 1 saturated heterocycles. The maximum atomic E-state index is 4.71. The zero-order valence-corrected chi connectivity index (χ0v) is 16.8. The van der Waals surface area contributed by atoms with E-state index in [4.69, 9.17) is 4.98 Å². The van der Waals surface area contributed by atoms with Gasteiger partial charge < -0.3 is 10.2 Å². The summed E-state index contributed by atoms with van der Waals surface area (Å²) in [5.74, 6) is 1.62. The first-order chi connectivity index (χ1) is 14.3. The van der Waals surface area contributed by atoms with Gasteiger partial charge in [0.05, 0.1) is 0 Å². The molecule has 5 nitrogen and oxygen atoms in total. The van der Waals surface area contributed by atoms with Crippen LogP contribution in [-0.2, 0) is 0 Å². The van der Waals surface area contributed by atoms with Gasteiger partial charge in [0.15, 0.2) is 0 Å². The van der Waals surface area contributed by atoms with Gasteiger partial charge in [-0.05, 0) is 30.7 Å². The van der Waals surface area contributed by atoms with Crippen molar-refractivity contribution in [3.63, 3.8) is 0 Å². The van der Waals surface area contributed by atoms with Crippen LogP contribution in [-0.4, -0.2) is 47.6 Å². The Bertz CT molecular complexity index is 929. The molecule has 29 heavy (non-hydrogen) atoms. The molecule has 4 rings (SSSR count). The van der Waals surface area contributed by atoms with Crippen LogP contribution in [0, 0.1) is 6.92 Å². The topological polar surface area (TPSA) is 44.3 Å². The van der Waals surface area contributed by atoms with Gasteiger partial charge in [0.1, 0.15) is 5.82 Å². The number of hydrogen-bond acceptors (Lipinski definition) is 5. The molecule has 148 valence electrons. The summed E-state index contributed by atoms with van der Waals surface area (Å²) in [7, 11) is 0. The summed E-state index contributed by atoms with van der Waals surface area (Å²) in [6.45, 7) is 7.07. The van der Waals surface area contributed by atoms with Crippen LogP contribution in [0.5, 0.6) is 0 Å². The molecule has 0 bridgehead atoms. The fraction of sp³-hybridized carbons (Fsp3) is 0.250. The molecule has 0 amide bonds. The zero-order chi connectivity index (χ0) is 19.9. The van der Waals surface area contributed by atoms with E-state index in [1.165, 1.54) is 11.1 Å². The quantitative estimate of drug-likeness (QED) is 0.683. The van der Waals surface area contributed by atoms with Crippen molar-refractivity contribution in [1.82, 2.24) is 14.9 Å². The fourth-order valence-electron chi connectivity index (χ4n) is 3.41. The number of aromatic nitrogens is 2. The summed E-state index contributed by atoms with van der Waals surface area (Å²) < 4.78 is 0. The number of rotatable bonds is 6. The van der Waals surface area contributed by atoms with E-state index in [2.05, 4.69) is 75.6 Å². The molecule has 1 aliphatic rings. The van der Waals surface area contributed by atoms with E-state index in [1.54, 1.807) is 0 Å². The monoisotopic (exact) mass is 385 g/mol. The average Bonchev–Trinajstić information content (AvgIpc) is 2.77. The second-order valence-electron chi connectivity index (χ2n) is 7.33. The normalized spacial score (nSPS) is 15.0. The molecule has 2 aromatic carbocycles. The summed E-state index contributed by atoms with van der Waals surface area (Å²) in [6.07, 6.45) is 6.27. The standard InChI is InChI=1S/C24H27N5/c1-20-9-11-22(12-10-20)26-24-25-14-13-23(27-24)29-18-16-28(17-19-29)15-5-8-21-6-3-2-4-7-21/h2-14H,15-19H2,1H3,(H,25,26,27)/b8-5+. The van der Waals surface area contributed by atoms with E-state index in [0.29, 0.717) is 5.95 Å². The van der Waals surface area contributed by atoms with Crippen molar-refractivity contribution in [2.45, 2.75) is 6.92 Å². The number of piperazine rings is 1. The van der Waals surface area contributed by atoms with Crippen LogP contribution in [0.15, 0.2) is 72.9 Å². The summed E-state index contributed by atoms with van der Waals surface area (Å²) >= 11 is 0. The molecule has 1 N–H and O–H groups in total. The van der Waals surface area contributed by atoms with Crippen molar-refractivity contribution in [3.05, 3.63) is 84.1 Å². The van der Waals surface area contributed by atoms with Gasteiger partial charge in [0, 0.05) is 44.6 Å². The Morgan fingerprint density at radius 2 is 1.69 bits per heavy atom. The lowest BCUT2D eigenvalue weighted by Gasteiger charge is -2.34. The highest BCUT2D eigenvalue weighted by atomic mass is 15.3. The number of aryl methyl sites for hydroxylation is 1. The van der Waals surface area contributed by atoms with E-state index < -0.39 is 0 Å². The molecule has 3 aromatic rings. The highest BCUT2D eigenvalue weighted by molar-refractivity contribution is 5.55. The molecule has 0 radical (unpaired) electrons. The van der Waals surface area contributed by atoms with Crippen LogP contribution < -0.4 is 10.2 Å². The second kappa shape index (κ2) is 9.34. The lowest BCUT2D eigenvalue weighted by Crippen LogP contribution is -2.46. The predicted molar refractivity (Wildman–Crippen MR) is 121 cm³/mol. The van der Waals surface area contributed by atoms with Crippen molar-refractivity contribution < 1.29 is 0 Å². The molecule has 5 heteroatoms. The molecule has 0 atom stereocenters. The SMILES string of the molecule is Cc1ccc(Nc2nccc(N3CCN(C/C=C/c4ccccc4)CC3)n2)cc1. The van der Waals surface area contributed by atoms with Crippen molar-refractivity contribution in [2.24, 2.45) is 0 Å². The Morgan fingerprint density at radius 3 is 2.45 bits per heavy atom. The van der Waals surface area contributed by atoms with Gasteiger partial charge in [-0.25, -0.2) is 4.98 Å². The third kappa shape index (κ3) is 5.42. The van der Waals surface area contributed by atoms with Gasteiger partial charge in [0.25, 0.3) is 0 Å². The zero-order valence-electron chi connectivity index (χ0n) is 16.8. The Morgan fingerprint density at radius 1 is 0.931 bits per heavy atom. The molecular formula is C24H27N5. The first-order valence-corrected chi connectivity index (χ1v) is 10.1. The van der Waals surface area contributed by atoms with Crippen molar-refractivity contribution in [1.29, 1.82) is 0 Å². The predicted octanol–water partition coefficient (Wildman–Crippen LogP) is 4.36. The molecule has 0 aliphatic carbocycles. The Labute approximate surface area is 172 Å². The van der Waals surface area contributed by atoms with E-state index in [1.807, 2.05) is 30.5 Å². The maximum Gasteiger partial charge on any atom is 0.229 e. The average molecular weight is 386 g/mol. The van der Waals surface area contributed by atoms with Gasteiger partial charge in [-0.2, -0.15) is 4.98 Å². The summed E-state index contributed by atoms with van der Waals surface area (Å²) in [6, 6.07) is 20.7. The van der Waals surface area contributed by atoms with Crippen LogP contribution in [0.25, 0.3) is 6.08 Å². The number of nitrogens with zero attached hydrogens (tertiary/aromatic N) is 4. The first-order valence-electron chi connectivity index (χ1n) is 10.1. The van der Waals surface area contributed by atoms with Gasteiger partial charge >= 0.3 is 0 Å². The van der Waals surface area contributed by atoms with Crippen molar-refractivity contribution in [3.8, 4) is 0 Å². The minimum Gasteiger partial charge on any atom is -0.354 e. The molecule has 2 heterocycles. The highest BCUT2D eigenvalue weighted by Gasteiger charge is 2.17. The van der Waals surface area contributed by atoms with Crippen molar-refractivity contribution in [2.75, 3.05) is 42.9 Å². The van der Waals surface area contributed by atoms with Crippen LogP contribution in [0.4, 0.5) is 17.5 Å². The Kier molecular flexibility index (Phi) is 6.17. The third-order valence-corrected chi connectivity index (χ3v) is 5.12. The van der Waals surface area contributed by atoms with E-state index in [-0.39, 0.29) is 0 Å².